The first-order chi connectivity index (χ1) is 15.0. The summed E-state index contributed by atoms with van der Waals surface area (Å²) >= 11 is 1.42. The molecule has 1 aromatic heterocycles. The minimum absolute atomic E-state index is 0.0919. The molecule has 1 atom stereocenters. The molecule has 0 saturated carbocycles. The Kier molecular flexibility index (Phi) is 5.81. The third-order valence-corrected chi connectivity index (χ3v) is 5.44. The van der Waals surface area contributed by atoms with Gasteiger partial charge < -0.3 is 4.74 Å². The van der Waals surface area contributed by atoms with Crippen molar-refractivity contribution in [2.45, 2.75) is 31.7 Å². The number of para-hydroxylation sites is 1. The van der Waals surface area contributed by atoms with Crippen molar-refractivity contribution in [3.63, 3.8) is 0 Å². The van der Waals surface area contributed by atoms with E-state index >= 15 is 0 Å². The SMILES string of the molecule is CCSc1nnc2c(n1)O[C@H](c1cccc([N+](=O)[O-])c1)N(C(=O)CC)c1ccccc1-2. The number of ether oxygens (including phenoxy) is 1. The second kappa shape index (κ2) is 8.68. The summed E-state index contributed by atoms with van der Waals surface area (Å²) in [5.74, 6) is 0.778. The van der Waals surface area contributed by atoms with Crippen LogP contribution >= 0.6 is 11.8 Å². The zero-order chi connectivity index (χ0) is 22.0. The van der Waals surface area contributed by atoms with E-state index in [0.717, 1.165) is 5.75 Å². The molecule has 3 aromatic rings. The maximum atomic E-state index is 13.1. The Balaban J connectivity index is 1.95. The molecule has 1 aliphatic rings. The number of carbonyl (C=O) groups is 1. The number of non-ortho nitro benzene ring substituents is 1. The van der Waals surface area contributed by atoms with Crippen LogP contribution in [0.1, 0.15) is 32.1 Å². The van der Waals surface area contributed by atoms with Gasteiger partial charge in [-0.2, -0.15) is 4.98 Å². The summed E-state index contributed by atoms with van der Waals surface area (Å²) in [6.07, 6.45) is -0.735. The van der Waals surface area contributed by atoms with Crippen LogP contribution in [0.3, 0.4) is 0 Å². The number of aromatic nitrogens is 3. The van der Waals surface area contributed by atoms with Crippen molar-refractivity contribution in [3.05, 3.63) is 64.2 Å². The van der Waals surface area contributed by atoms with Crippen molar-refractivity contribution in [2.75, 3.05) is 10.7 Å². The largest absolute Gasteiger partial charge is 0.447 e. The lowest BCUT2D eigenvalue weighted by molar-refractivity contribution is -0.385. The van der Waals surface area contributed by atoms with E-state index in [4.69, 9.17) is 4.74 Å². The van der Waals surface area contributed by atoms with Crippen LogP contribution < -0.4 is 9.64 Å². The van der Waals surface area contributed by atoms with Crippen molar-refractivity contribution in [1.82, 2.24) is 15.2 Å². The number of amides is 1. The van der Waals surface area contributed by atoms with E-state index < -0.39 is 11.2 Å². The molecule has 0 fully saturated rings. The fourth-order valence-corrected chi connectivity index (χ4v) is 3.86. The average Bonchev–Trinajstić information content (AvgIpc) is 2.93. The lowest BCUT2D eigenvalue weighted by atomic mass is 10.1. The zero-order valence-electron chi connectivity index (χ0n) is 16.9. The van der Waals surface area contributed by atoms with Crippen molar-refractivity contribution >= 4 is 29.0 Å². The van der Waals surface area contributed by atoms with Crippen LogP contribution in [0.4, 0.5) is 11.4 Å². The number of carbonyl (C=O) groups excluding carboxylic acids is 1. The van der Waals surface area contributed by atoms with Gasteiger partial charge in [0.05, 0.1) is 10.6 Å². The van der Waals surface area contributed by atoms with E-state index in [-0.39, 0.29) is 23.9 Å². The van der Waals surface area contributed by atoms with Gasteiger partial charge in [0, 0.05) is 29.7 Å². The summed E-state index contributed by atoms with van der Waals surface area (Å²) in [4.78, 5) is 29.9. The number of anilines is 1. The number of rotatable bonds is 5. The van der Waals surface area contributed by atoms with Crippen molar-refractivity contribution in [2.24, 2.45) is 0 Å². The fraction of sp³-hybridized carbons (Fsp3) is 0.238. The minimum atomic E-state index is -0.953. The predicted octanol–water partition coefficient (Wildman–Crippen LogP) is 4.39. The highest BCUT2D eigenvalue weighted by atomic mass is 32.2. The van der Waals surface area contributed by atoms with E-state index in [9.17, 15) is 14.9 Å². The van der Waals surface area contributed by atoms with Crippen molar-refractivity contribution in [1.29, 1.82) is 0 Å². The van der Waals surface area contributed by atoms with Gasteiger partial charge in [-0.3, -0.25) is 19.8 Å². The zero-order valence-corrected chi connectivity index (χ0v) is 17.7. The maximum absolute atomic E-state index is 13.1. The molecule has 31 heavy (non-hydrogen) atoms. The summed E-state index contributed by atoms with van der Waals surface area (Å²) in [6.45, 7) is 3.73. The van der Waals surface area contributed by atoms with Crippen LogP contribution in [0.2, 0.25) is 0 Å². The summed E-state index contributed by atoms with van der Waals surface area (Å²) in [5.41, 5.74) is 2.02. The number of nitro benzene ring substituents is 1. The Morgan fingerprint density at radius 2 is 2.00 bits per heavy atom. The molecule has 9 nitrogen and oxygen atoms in total. The second-order valence-corrected chi connectivity index (χ2v) is 7.87. The lowest BCUT2D eigenvalue weighted by Gasteiger charge is -2.30. The maximum Gasteiger partial charge on any atom is 0.269 e. The summed E-state index contributed by atoms with van der Waals surface area (Å²) in [6, 6.07) is 13.3. The fourth-order valence-electron chi connectivity index (χ4n) is 3.35. The molecule has 0 bridgehead atoms. The monoisotopic (exact) mass is 437 g/mol. The van der Waals surface area contributed by atoms with Gasteiger partial charge in [-0.15, -0.1) is 10.2 Å². The predicted molar refractivity (Wildman–Crippen MR) is 116 cm³/mol. The van der Waals surface area contributed by atoms with Gasteiger partial charge in [-0.05, 0) is 11.8 Å². The normalized spacial score (nSPS) is 14.8. The summed E-state index contributed by atoms with van der Waals surface area (Å²) in [7, 11) is 0. The van der Waals surface area contributed by atoms with E-state index in [1.54, 1.807) is 25.1 Å². The molecule has 2 aromatic carbocycles. The Labute approximate surface area is 182 Å². The summed E-state index contributed by atoms with van der Waals surface area (Å²) < 4.78 is 6.24. The van der Waals surface area contributed by atoms with Crippen LogP contribution in [0, 0.1) is 10.1 Å². The van der Waals surface area contributed by atoms with Crippen LogP contribution in [0.25, 0.3) is 11.3 Å². The topological polar surface area (TPSA) is 111 Å². The van der Waals surface area contributed by atoms with E-state index in [0.29, 0.717) is 27.7 Å². The number of hydrogen-bond donors (Lipinski definition) is 0. The standard InChI is InChI=1S/C21H19N5O4S/c1-3-17(27)25-16-11-6-5-10-15(16)18-19(22-21(24-23-18)31-4-2)30-20(25)13-8-7-9-14(12-13)26(28)29/h5-12,20H,3-4H2,1-2H3/t20-/m1/s1. The van der Waals surface area contributed by atoms with Crippen LogP contribution in [0.5, 0.6) is 5.88 Å². The lowest BCUT2D eigenvalue weighted by Crippen LogP contribution is -2.37. The Bertz CT molecular complexity index is 1160. The molecule has 0 spiro atoms. The molecule has 0 N–H and O–H groups in total. The highest BCUT2D eigenvalue weighted by Gasteiger charge is 2.35. The second-order valence-electron chi connectivity index (χ2n) is 6.64. The van der Waals surface area contributed by atoms with Gasteiger partial charge >= 0.3 is 0 Å². The number of hydrogen-bond acceptors (Lipinski definition) is 8. The van der Waals surface area contributed by atoms with E-state index in [1.807, 2.05) is 25.1 Å². The van der Waals surface area contributed by atoms with Gasteiger partial charge in [-0.25, -0.2) is 0 Å². The van der Waals surface area contributed by atoms with Crippen LogP contribution in [0.15, 0.2) is 53.7 Å². The number of fused-ring (bicyclic) bond motifs is 3. The van der Waals surface area contributed by atoms with E-state index in [1.165, 1.54) is 28.8 Å². The summed E-state index contributed by atoms with van der Waals surface area (Å²) in [5, 5.41) is 20.3. The highest BCUT2D eigenvalue weighted by Crippen LogP contribution is 2.43. The van der Waals surface area contributed by atoms with Gasteiger partial charge in [-0.1, -0.05) is 55.9 Å². The number of nitro groups is 1. The smallest absolute Gasteiger partial charge is 0.269 e. The molecule has 0 unspecified atom stereocenters. The van der Waals surface area contributed by atoms with Gasteiger partial charge in [0.2, 0.25) is 23.2 Å². The first-order valence-corrected chi connectivity index (χ1v) is 10.7. The van der Waals surface area contributed by atoms with Crippen LogP contribution in [-0.4, -0.2) is 31.8 Å². The third-order valence-electron chi connectivity index (χ3n) is 4.72. The van der Waals surface area contributed by atoms with Crippen molar-refractivity contribution in [3.8, 4) is 17.1 Å². The molecular formula is C21H19N5O4S. The minimum Gasteiger partial charge on any atom is -0.447 e. The molecule has 0 radical (unpaired) electrons. The molecular weight excluding hydrogens is 418 g/mol. The Hall–Kier alpha value is -3.53. The van der Waals surface area contributed by atoms with E-state index in [2.05, 4.69) is 15.2 Å². The first-order valence-electron chi connectivity index (χ1n) is 9.73. The molecule has 158 valence electrons. The molecule has 0 aliphatic carbocycles. The molecule has 1 amide bonds. The van der Waals surface area contributed by atoms with Gasteiger partial charge in [0.25, 0.3) is 5.69 Å². The molecule has 0 saturated heterocycles. The van der Waals surface area contributed by atoms with Gasteiger partial charge in [0.1, 0.15) is 0 Å². The quantitative estimate of drug-likeness (QED) is 0.328. The van der Waals surface area contributed by atoms with Crippen molar-refractivity contribution < 1.29 is 14.5 Å². The Morgan fingerprint density at radius 1 is 1.19 bits per heavy atom. The molecule has 10 heteroatoms. The van der Waals surface area contributed by atoms with Crippen LogP contribution in [-0.2, 0) is 4.79 Å². The Morgan fingerprint density at radius 3 is 2.74 bits per heavy atom. The molecule has 4 rings (SSSR count). The average molecular weight is 437 g/mol. The number of benzene rings is 2. The number of thioether (sulfide) groups is 1. The molecule has 1 aliphatic heterocycles. The highest BCUT2D eigenvalue weighted by molar-refractivity contribution is 7.99. The van der Waals surface area contributed by atoms with Gasteiger partial charge in [0.15, 0.2) is 5.69 Å². The molecule has 2 heterocycles. The first kappa shape index (κ1) is 20.7. The number of nitrogens with zero attached hydrogens (tertiary/aromatic N) is 5. The third kappa shape index (κ3) is 3.93.